The Morgan fingerprint density at radius 2 is 1.38 bits per heavy atom. The van der Waals surface area contributed by atoms with Crippen LogP contribution in [0.3, 0.4) is 0 Å². The number of hydrogen-bond acceptors (Lipinski definition) is 3. The molecule has 0 fully saturated rings. The maximum absolute atomic E-state index is 12.2. The van der Waals surface area contributed by atoms with Gasteiger partial charge in [-0.05, 0) is 25.8 Å². The van der Waals surface area contributed by atoms with Gasteiger partial charge in [0.05, 0.1) is 6.04 Å². The highest BCUT2D eigenvalue weighted by atomic mass is 16.4. The molecular weight excluding hydrogens is 304 g/mol. The van der Waals surface area contributed by atoms with Crippen LogP contribution in [-0.4, -0.2) is 35.6 Å². The van der Waals surface area contributed by atoms with E-state index < -0.39 is 12.0 Å². The van der Waals surface area contributed by atoms with E-state index in [-0.39, 0.29) is 17.9 Å². The number of carbonyl (C=O) groups excluding carboxylic acids is 1. The van der Waals surface area contributed by atoms with Gasteiger partial charge < -0.3 is 15.7 Å². The van der Waals surface area contributed by atoms with Crippen molar-refractivity contribution in [3.63, 3.8) is 0 Å². The van der Waals surface area contributed by atoms with E-state index in [1.54, 1.807) is 0 Å². The fourth-order valence-corrected chi connectivity index (χ4v) is 2.69. The van der Waals surface area contributed by atoms with Gasteiger partial charge in [0.25, 0.3) is 0 Å². The van der Waals surface area contributed by atoms with Gasteiger partial charge in [-0.3, -0.25) is 9.59 Å². The Hall–Kier alpha value is -1.10. The van der Waals surface area contributed by atoms with Crippen molar-refractivity contribution in [2.24, 2.45) is 5.92 Å². The smallest absolute Gasteiger partial charge is 0.325 e. The van der Waals surface area contributed by atoms with Crippen LogP contribution in [0.15, 0.2) is 0 Å². The van der Waals surface area contributed by atoms with Gasteiger partial charge in [-0.25, -0.2) is 0 Å². The second-order valence-corrected chi connectivity index (χ2v) is 7.07. The zero-order valence-corrected chi connectivity index (χ0v) is 16.1. The van der Waals surface area contributed by atoms with Gasteiger partial charge in [-0.1, -0.05) is 72.1 Å². The Morgan fingerprint density at radius 1 is 0.875 bits per heavy atom. The number of unbranched alkanes of at least 4 members (excludes halogenated alkanes) is 8. The molecule has 24 heavy (non-hydrogen) atoms. The fourth-order valence-electron chi connectivity index (χ4n) is 2.69. The van der Waals surface area contributed by atoms with Crippen LogP contribution in [-0.2, 0) is 9.59 Å². The lowest BCUT2D eigenvalue weighted by atomic mass is 10.0. The van der Waals surface area contributed by atoms with E-state index in [2.05, 4.69) is 17.6 Å². The molecule has 0 unspecified atom stereocenters. The molecule has 0 saturated heterocycles. The Bertz CT molecular complexity index is 346. The molecule has 142 valence electrons. The monoisotopic (exact) mass is 342 g/mol. The number of carbonyl (C=O) groups is 2. The third-order valence-electron chi connectivity index (χ3n) is 4.32. The Labute approximate surface area is 148 Å². The first-order valence-electron chi connectivity index (χ1n) is 9.66. The summed E-state index contributed by atoms with van der Waals surface area (Å²) in [7, 11) is 0. The summed E-state index contributed by atoms with van der Waals surface area (Å²) < 4.78 is 0. The van der Waals surface area contributed by atoms with E-state index in [1.807, 2.05) is 13.8 Å². The van der Waals surface area contributed by atoms with Crippen molar-refractivity contribution in [1.29, 1.82) is 0 Å². The minimum Gasteiger partial charge on any atom is -0.480 e. The molecular formula is C19H38N2O3. The van der Waals surface area contributed by atoms with Gasteiger partial charge in [-0.15, -0.1) is 0 Å². The summed E-state index contributed by atoms with van der Waals surface area (Å²) in [4.78, 5) is 23.0. The van der Waals surface area contributed by atoms with Crippen molar-refractivity contribution in [2.75, 3.05) is 6.54 Å². The van der Waals surface area contributed by atoms with Crippen molar-refractivity contribution in [2.45, 2.75) is 97.6 Å². The molecule has 0 aliphatic rings. The highest BCUT2D eigenvalue weighted by Gasteiger charge is 2.24. The molecule has 0 rings (SSSR count). The predicted molar refractivity (Wildman–Crippen MR) is 99.1 cm³/mol. The third kappa shape index (κ3) is 11.4. The molecule has 0 heterocycles. The van der Waals surface area contributed by atoms with E-state index in [1.165, 1.54) is 58.3 Å². The average molecular weight is 343 g/mol. The fraction of sp³-hybridized carbons (Fsp3) is 0.895. The highest BCUT2D eigenvalue weighted by Crippen LogP contribution is 2.09. The lowest BCUT2D eigenvalue weighted by molar-refractivity contribution is -0.141. The Kier molecular flexibility index (Phi) is 13.6. The highest BCUT2D eigenvalue weighted by molar-refractivity contribution is 5.86. The minimum atomic E-state index is -1.01. The van der Waals surface area contributed by atoms with E-state index in [9.17, 15) is 9.59 Å². The predicted octanol–water partition coefficient (Wildman–Crippen LogP) is 3.72. The van der Waals surface area contributed by atoms with Crippen molar-refractivity contribution >= 4 is 11.9 Å². The molecule has 3 N–H and O–H groups in total. The normalized spacial score (nSPS) is 13.7. The van der Waals surface area contributed by atoms with Crippen LogP contribution < -0.4 is 10.6 Å². The van der Waals surface area contributed by atoms with Crippen LogP contribution in [0.5, 0.6) is 0 Å². The Balaban J connectivity index is 3.82. The van der Waals surface area contributed by atoms with Crippen LogP contribution >= 0.6 is 0 Å². The quantitative estimate of drug-likeness (QED) is 0.396. The molecule has 2 atom stereocenters. The summed E-state index contributed by atoms with van der Waals surface area (Å²) in [6.07, 6.45) is 11.5. The number of nitrogens with one attached hydrogen (secondary N) is 2. The second kappa shape index (κ2) is 14.3. The molecule has 0 spiro atoms. The molecule has 0 aromatic rings. The molecule has 0 aromatic carbocycles. The molecule has 5 heteroatoms. The van der Waals surface area contributed by atoms with Crippen LogP contribution in [0, 0.1) is 5.92 Å². The summed E-state index contributed by atoms with van der Waals surface area (Å²) in [6.45, 7) is 8.46. The van der Waals surface area contributed by atoms with E-state index >= 15 is 0 Å². The summed E-state index contributed by atoms with van der Waals surface area (Å²) in [6, 6.07) is -1.19. The summed E-state index contributed by atoms with van der Waals surface area (Å²) in [5.74, 6) is -1.11. The number of rotatable bonds is 15. The molecule has 5 nitrogen and oxygen atoms in total. The zero-order valence-electron chi connectivity index (χ0n) is 16.1. The van der Waals surface area contributed by atoms with Gasteiger partial charge in [0, 0.05) is 0 Å². The minimum absolute atomic E-state index is 0.129. The average Bonchev–Trinajstić information content (AvgIpc) is 2.51. The second-order valence-electron chi connectivity index (χ2n) is 7.07. The van der Waals surface area contributed by atoms with E-state index in [0.29, 0.717) is 0 Å². The van der Waals surface area contributed by atoms with Gasteiger partial charge in [0.15, 0.2) is 0 Å². The van der Waals surface area contributed by atoms with Gasteiger partial charge >= 0.3 is 5.97 Å². The SMILES string of the molecule is CCCCCCCCCCCN[C@H](C(=O)N[C@@H](C)C(=O)O)C(C)C. The lowest BCUT2D eigenvalue weighted by Crippen LogP contribution is -2.51. The van der Waals surface area contributed by atoms with Gasteiger partial charge in [0.2, 0.25) is 5.91 Å². The maximum atomic E-state index is 12.2. The summed E-state index contributed by atoms with van der Waals surface area (Å²) in [5.41, 5.74) is 0. The zero-order chi connectivity index (χ0) is 18.4. The van der Waals surface area contributed by atoms with Crippen molar-refractivity contribution in [3.05, 3.63) is 0 Å². The topological polar surface area (TPSA) is 78.4 Å². The third-order valence-corrected chi connectivity index (χ3v) is 4.32. The van der Waals surface area contributed by atoms with Crippen LogP contribution in [0.2, 0.25) is 0 Å². The summed E-state index contributed by atoms with van der Waals surface area (Å²) in [5, 5.41) is 14.7. The van der Waals surface area contributed by atoms with Crippen LogP contribution in [0.1, 0.15) is 85.5 Å². The maximum Gasteiger partial charge on any atom is 0.325 e. The van der Waals surface area contributed by atoms with Crippen LogP contribution in [0.4, 0.5) is 0 Å². The Morgan fingerprint density at radius 3 is 1.83 bits per heavy atom. The molecule has 1 amide bonds. The van der Waals surface area contributed by atoms with Crippen molar-refractivity contribution in [3.8, 4) is 0 Å². The first-order chi connectivity index (χ1) is 11.4. The van der Waals surface area contributed by atoms with Crippen molar-refractivity contribution < 1.29 is 14.7 Å². The van der Waals surface area contributed by atoms with Crippen molar-refractivity contribution in [1.82, 2.24) is 10.6 Å². The molecule has 0 saturated carbocycles. The van der Waals surface area contributed by atoms with Gasteiger partial charge in [-0.2, -0.15) is 0 Å². The van der Waals surface area contributed by atoms with Crippen LogP contribution in [0.25, 0.3) is 0 Å². The molecule has 0 aliphatic carbocycles. The molecule has 0 bridgehead atoms. The molecule has 0 aliphatic heterocycles. The molecule has 0 aromatic heterocycles. The molecule has 0 radical (unpaired) electrons. The first-order valence-corrected chi connectivity index (χ1v) is 9.66. The van der Waals surface area contributed by atoms with Gasteiger partial charge in [0.1, 0.15) is 6.04 Å². The number of hydrogen-bond donors (Lipinski definition) is 3. The number of amides is 1. The number of carboxylic acids is 1. The number of carboxylic acid groups (broad SMARTS) is 1. The lowest BCUT2D eigenvalue weighted by Gasteiger charge is -2.23. The van der Waals surface area contributed by atoms with E-state index in [0.717, 1.165) is 13.0 Å². The van der Waals surface area contributed by atoms with E-state index in [4.69, 9.17) is 5.11 Å². The number of aliphatic carboxylic acids is 1. The largest absolute Gasteiger partial charge is 0.480 e. The summed E-state index contributed by atoms with van der Waals surface area (Å²) >= 11 is 0. The first kappa shape index (κ1) is 22.9. The standard InChI is InChI=1S/C19H38N2O3/c1-5-6-7-8-9-10-11-12-13-14-20-17(15(2)3)18(22)21-16(4)19(23)24/h15-17,20H,5-14H2,1-4H3,(H,21,22)(H,23,24)/t16-,17-/m0/s1.